The number of nitrogens with two attached hydrogens (primary N) is 1. The molecule has 0 rings (SSSR count). The van der Waals surface area contributed by atoms with Crippen LogP contribution in [0.1, 0.15) is 40.0 Å². The van der Waals surface area contributed by atoms with E-state index in [1.807, 2.05) is 0 Å². The maximum atomic E-state index is 5.75. The van der Waals surface area contributed by atoms with Crippen LogP contribution < -0.4 is 5.73 Å². The zero-order chi connectivity index (χ0) is 11.0. The molecule has 0 aliphatic rings. The molecule has 0 saturated carbocycles. The normalized spacial score (nSPS) is 13.9. The smallest absolute Gasteiger partial charge is 0.00211 e. The topological polar surface area (TPSA) is 29.3 Å². The van der Waals surface area contributed by atoms with Gasteiger partial charge in [0.15, 0.2) is 0 Å². The zero-order valence-corrected chi connectivity index (χ0v) is 10.4. The van der Waals surface area contributed by atoms with E-state index < -0.39 is 0 Å². The van der Waals surface area contributed by atoms with E-state index in [0.29, 0.717) is 11.8 Å². The number of hydrogen-bond donors (Lipinski definition) is 1. The molecule has 0 aromatic rings. The molecule has 0 aliphatic carbocycles. The van der Waals surface area contributed by atoms with E-state index in [1.54, 1.807) is 0 Å². The molecule has 0 fully saturated rings. The Morgan fingerprint density at radius 2 is 1.86 bits per heavy atom. The van der Waals surface area contributed by atoms with Gasteiger partial charge in [0.2, 0.25) is 0 Å². The molecule has 0 aromatic heterocycles. The summed E-state index contributed by atoms with van der Waals surface area (Å²) in [5.41, 5.74) is 5.75. The predicted molar refractivity (Wildman–Crippen MR) is 64.4 cm³/mol. The lowest BCUT2D eigenvalue weighted by molar-refractivity contribution is 0.237. The van der Waals surface area contributed by atoms with Crippen LogP contribution in [0.4, 0.5) is 0 Å². The molecule has 14 heavy (non-hydrogen) atoms. The van der Waals surface area contributed by atoms with Crippen molar-refractivity contribution in [2.75, 3.05) is 26.7 Å². The SMILES string of the molecule is CCCCCN(C)CC(CN)C(C)C. The molecule has 0 amide bonds. The Bertz CT molecular complexity index is 123. The van der Waals surface area contributed by atoms with Gasteiger partial charge in [-0.05, 0) is 38.4 Å². The molecule has 0 bridgehead atoms. The van der Waals surface area contributed by atoms with E-state index >= 15 is 0 Å². The highest BCUT2D eigenvalue weighted by Gasteiger charge is 2.13. The fraction of sp³-hybridized carbons (Fsp3) is 1.00. The molecule has 0 aliphatic heterocycles. The van der Waals surface area contributed by atoms with Crippen LogP contribution in [0.5, 0.6) is 0 Å². The number of hydrogen-bond acceptors (Lipinski definition) is 2. The van der Waals surface area contributed by atoms with Crippen molar-refractivity contribution >= 4 is 0 Å². The maximum absolute atomic E-state index is 5.75. The minimum Gasteiger partial charge on any atom is -0.330 e. The zero-order valence-electron chi connectivity index (χ0n) is 10.4. The van der Waals surface area contributed by atoms with Gasteiger partial charge >= 0.3 is 0 Å². The monoisotopic (exact) mass is 200 g/mol. The van der Waals surface area contributed by atoms with Gasteiger partial charge in [0.1, 0.15) is 0 Å². The van der Waals surface area contributed by atoms with Crippen LogP contribution in [-0.2, 0) is 0 Å². The predicted octanol–water partition coefficient (Wildman–Crippen LogP) is 2.34. The summed E-state index contributed by atoms with van der Waals surface area (Å²) in [6.07, 6.45) is 3.97. The van der Waals surface area contributed by atoms with E-state index in [1.165, 1.54) is 25.8 Å². The fourth-order valence-corrected chi connectivity index (χ4v) is 1.68. The lowest BCUT2D eigenvalue weighted by Crippen LogP contribution is -2.33. The second-order valence-electron chi connectivity index (χ2n) is 4.71. The van der Waals surface area contributed by atoms with E-state index in [9.17, 15) is 0 Å². The van der Waals surface area contributed by atoms with Gasteiger partial charge in [-0.15, -0.1) is 0 Å². The minimum absolute atomic E-state index is 0.654. The molecular formula is C12H28N2. The largest absolute Gasteiger partial charge is 0.330 e. The summed E-state index contributed by atoms with van der Waals surface area (Å²) in [5.74, 6) is 1.36. The highest BCUT2D eigenvalue weighted by Crippen LogP contribution is 2.10. The highest BCUT2D eigenvalue weighted by molar-refractivity contribution is 4.67. The van der Waals surface area contributed by atoms with Crippen LogP contribution in [0, 0.1) is 11.8 Å². The molecular weight excluding hydrogens is 172 g/mol. The van der Waals surface area contributed by atoms with Crippen molar-refractivity contribution in [1.82, 2.24) is 4.90 Å². The van der Waals surface area contributed by atoms with Crippen LogP contribution in [0.25, 0.3) is 0 Å². The summed E-state index contributed by atoms with van der Waals surface area (Å²) in [6, 6.07) is 0. The summed E-state index contributed by atoms with van der Waals surface area (Å²) in [6.45, 7) is 9.95. The molecule has 2 heteroatoms. The van der Waals surface area contributed by atoms with Crippen LogP contribution in [0.3, 0.4) is 0 Å². The third kappa shape index (κ3) is 6.39. The van der Waals surface area contributed by atoms with Gasteiger partial charge in [-0.1, -0.05) is 33.6 Å². The summed E-state index contributed by atoms with van der Waals surface area (Å²) in [4.78, 5) is 2.42. The average Bonchev–Trinajstić information content (AvgIpc) is 2.14. The molecule has 2 nitrogen and oxygen atoms in total. The summed E-state index contributed by atoms with van der Waals surface area (Å²) in [7, 11) is 2.21. The average molecular weight is 200 g/mol. The van der Waals surface area contributed by atoms with Gasteiger partial charge in [-0.25, -0.2) is 0 Å². The Balaban J connectivity index is 3.62. The van der Waals surface area contributed by atoms with Gasteiger partial charge in [-0.3, -0.25) is 0 Å². The molecule has 0 spiro atoms. The van der Waals surface area contributed by atoms with Crippen molar-refractivity contribution in [3.63, 3.8) is 0 Å². The molecule has 0 aromatic carbocycles. The highest BCUT2D eigenvalue weighted by atomic mass is 15.1. The Morgan fingerprint density at radius 3 is 2.29 bits per heavy atom. The van der Waals surface area contributed by atoms with E-state index in [2.05, 4.69) is 32.7 Å². The lowest BCUT2D eigenvalue weighted by atomic mass is 9.95. The molecule has 2 N–H and O–H groups in total. The van der Waals surface area contributed by atoms with E-state index in [4.69, 9.17) is 5.73 Å². The summed E-state index contributed by atoms with van der Waals surface area (Å²) in [5, 5.41) is 0. The third-order valence-electron chi connectivity index (χ3n) is 2.94. The minimum atomic E-state index is 0.654. The molecule has 0 heterocycles. The van der Waals surface area contributed by atoms with Gasteiger partial charge in [0.25, 0.3) is 0 Å². The van der Waals surface area contributed by atoms with Crippen molar-refractivity contribution in [2.45, 2.75) is 40.0 Å². The van der Waals surface area contributed by atoms with Crippen LogP contribution >= 0.6 is 0 Å². The lowest BCUT2D eigenvalue weighted by Gasteiger charge is -2.25. The third-order valence-corrected chi connectivity index (χ3v) is 2.94. The van der Waals surface area contributed by atoms with Gasteiger partial charge < -0.3 is 10.6 Å². The van der Waals surface area contributed by atoms with Gasteiger partial charge in [-0.2, -0.15) is 0 Å². The van der Waals surface area contributed by atoms with Crippen LogP contribution in [-0.4, -0.2) is 31.6 Å². The summed E-state index contributed by atoms with van der Waals surface area (Å²) < 4.78 is 0. The number of nitrogens with zero attached hydrogens (tertiary/aromatic N) is 1. The number of rotatable bonds is 8. The van der Waals surface area contributed by atoms with Crippen molar-refractivity contribution in [1.29, 1.82) is 0 Å². The quantitative estimate of drug-likeness (QED) is 0.609. The second kappa shape index (κ2) is 8.25. The van der Waals surface area contributed by atoms with Crippen LogP contribution in [0.15, 0.2) is 0 Å². The van der Waals surface area contributed by atoms with Gasteiger partial charge in [0.05, 0.1) is 0 Å². The van der Waals surface area contributed by atoms with E-state index in [-0.39, 0.29) is 0 Å². The van der Waals surface area contributed by atoms with Crippen molar-refractivity contribution < 1.29 is 0 Å². The first-order valence-corrected chi connectivity index (χ1v) is 6.00. The van der Waals surface area contributed by atoms with E-state index in [0.717, 1.165) is 13.1 Å². The molecule has 1 atom stereocenters. The second-order valence-corrected chi connectivity index (χ2v) is 4.71. The Hall–Kier alpha value is -0.0800. The first-order valence-electron chi connectivity index (χ1n) is 6.00. The first-order chi connectivity index (χ1) is 6.61. The Morgan fingerprint density at radius 1 is 1.21 bits per heavy atom. The van der Waals surface area contributed by atoms with Crippen molar-refractivity contribution in [2.24, 2.45) is 17.6 Å². The molecule has 1 unspecified atom stereocenters. The number of unbranched alkanes of at least 4 members (excludes halogenated alkanes) is 2. The molecule has 0 radical (unpaired) electrons. The fourth-order valence-electron chi connectivity index (χ4n) is 1.68. The Labute approximate surface area is 89.9 Å². The molecule has 86 valence electrons. The van der Waals surface area contributed by atoms with Gasteiger partial charge in [0, 0.05) is 6.54 Å². The summed E-state index contributed by atoms with van der Waals surface area (Å²) >= 11 is 0. The van der Waals surface area contributed by atoms with Crippen molar-refractivity contribution in [3.8, 4) is 0 Å². The Kier molecular flexibility index (Phi) is 8.20. The standard InChI is InChI=1S/C12H28N2/c1-5-6-7-8-14(4)10-12(9-13)11(2)3/h11-12H,5-10,13H2,1-4H3. The van der Waals surface area contributed by atoms with Crippen molar-refractivity contribution in [3.05, 3.63) is 0 Å². The van der Waals surface area contributed by atoms with Crippen LogP contribution in [0.2, 0.25) is 0 Å². The molecule has 0 saturated heterocycles. The maximum Gasteiger partial charge on any atom is 0.00211 e. The first kappa shape index (κ1) is 13.9.